The fourth-order valence-corrected chi connectivity index (χ4v) is 3.16. The fourth-order valence-electron chi connectivity index (χ4n) is 3.16. The van der Waals surface area contributed by atoms with Gasteiger partial charge in [-0.1, -0.05) is 6.07 Å². The second kappa shape index (κ2) is 7.38. The van der Waals surface area contributed by atoms with Crippen LogP contribution in [-0.4, -0.2) is 27.1 Å². The first-order valence-corrected chi connectivity index (χ1v) is 9.17. The van der Waals surface area contributed by atoms with Gasteiger partial charge in [0.25, 0.3) is 5.91 Å². The number of nitrogens with one attached hydrogen (secondary N) is 1. The van der Waals surface area contributed by atoms with Gasteiger partial charge in [0.1, 0.15) is 11.3 Å². The lowest BCUT2D eigenvalue weighted by Gasteiger charge is -2.12. The maximum atomic E-state index is 12.2. The molecule has 0 atom stereocenters. The molecular weight excluding hydrogens is 372 g/mol. The highest BCUT2D eigenvalue weighted by molar-refractivity contribution is 5.85. The van der Waals surface area contributed by atoms with E-state index in [0.29, 0.717) is 33.9 Å². The van der Waals surface area contributed by atoms with E-state index >= 15 is 0 Å². The van der Waals surface area contributed by atoms with Crippen molar-refractivity contribution in [2.75, 3.05) is 6.61 Å². The molecule has 0 bridgehead atoms. The lowest BCUT2D eigenvalue weighted by atomic mass is 10.0. The molecule has 0 radical (unpaired) electrons. The molecule has 0 aliphatic heterocycles. The van der Waals surface area contributed by atoms with E-state index in [9.17, 15) is 9.59 Å². The van der Waals surface area contributed by atoms with Gasteiger partial charge in [-0.15, -0.1) is 10.2 Å². The zero-order valence-electron chi connectivity index (χ0n) is 16.4. The molecule has 0 spiro atoms. The second-order valence-corrected chi connectivity index (χ2v) is 6.82. The molecule has 148 valence electrons. The van der Waals surface area contributed by atoms with E-state index in [-0.39, 0.29) is 24.7 Å². The quantitative estimate of drug-likeness (QED) is 0.524. The van der Waals surface area contributed by atoms with Crippen molar-refractivity contribution in [1.29, 1.82) is 0 Å². The van der Waals surface area contributed by atoms with Crippen LogP contribution in [0.15, 0.2) is 45.7 Å². The van der Waals surface area contributed by atoms with E-state index in [1.54, 1.807) is 24.3 Å². The number of amides is 1. The minimum absolute atomic E-state index is 0.168. The van der Waals surface area contributed by atoms with Crippen molar-refractivity contribution in [1.82, 2.24) is 19.9 Å². The van der Waals surface area contributed by atoms with Gasteiger partial charge in [0.2, 0.25) is 0 Å². The molecule has 1 N–H and O–H groups in total. The molecule has 1 aromatic carbocycles. The number of carbonyl (C=O) groups excluding carboxylic acids is 1. The summed E-state index contributed by atoms with van der Waals surface area (Å²) in [5.41, 5.74) is 2.97. The molecule has 0 saturated heterocycles. The number of ether oxygens (including phenoxy) is 1. The topological polar surface area (TPSA) is 98.7 Å². The normalized spacial score (nSPS) is 11.1. The van der Waals surface area contributed by atoms with Crippen LogP contribution in [0.25, 0.3) is 16.6 Å². The smallest absolute Gasteiger partial charge is 0.339 e. The summed E-state index contributed by atoms with van der Waals surface area (Å²) in [5.74, 6) is 0.828. The zero-order chi connectivity index (χ0) is 20.5. The average molecular weight is 392 g/mol. The Bertz CT molecular complexity index is 1290. The minimum atomic E-state index is -0.367. The van der Waals surface area contributed by atoms with Crippen molar-refractivity contribution >= 4 is 22.5 Å². The number of fused-ring (bicyclic) bond motifs is 2. The molecule has 1 amide bonds. The van der Waals surface area contributed by atoms with Crippen LogP contribution in [0.1, 0.15) is 22.5 Å². The van der Waals surface area contributed by atoms with Crippen LogP contribution >= 0.6 is 0 Å². The van der Waals surface area contributed by atoms with Crippen molar-refractivity contribution in [3.05, 3.63) is 69.5 Å². The van der Waals surface area contributed by atoms with E-state index in [2.05, 4.69) is 15.5 Å². The Morgan fingerprint density at radius 2 is 1.93 bits per heavy atom. The summed E-state index contributed by atoms with van der Waals surface area (Å²) in [7, 11) is 0. The van der Waals surface area contributed by atoms with Crippen LogP contribution in [0, 0.1) is 20.8 Å². The summed E-state index contributed by atoms with van der Waals surface area (Å²) in [6.07, 6.45) is 1.84. The first-order valence-electron chi connectivity index (χ1n) is 9.17. The highest BCUT2D eigenvalue weighted by atomic mass is 16.5. The number of pyridine rings is 1. The average Bonchev–Trinajstić information content (AvgIpc) is 3.14. The predicted molar refractivity (Wildman–Crippen MR) is 107 cm³/mol. The minimum Gasteiger partial charge on any atom is -0.483 e. The number of rotatable bonds is 5. The lowest BCUT2D eigenvalue weighted by Crippen LogP contribution is -2.29. The molecule has 29 heavy (non-hydrogen) atoms. The first-order chi connectivity index (χ1) is 14.0. The standard InChI is InChI=1S/C21H20N4O4/c1-12-13(2)21(27)29-20-14(3)16(8-7-15(12)20)28-11-19(26)22-10-18-24-23-17-6-4-5-9-25(17)18/h4-9H,10-11H2,1-3H3,(H,22,26). The summed E-state index contributed by atoms with van der Waals surface area (Å²) < 4.78 is 12.9. The number of hydrogen-bond donors (Lipinski definition) is 1. The van der Waals surface area contributed by atoms with Gasteiger partial charge in [0.15, 0.2) is 18.1 Å². The van der Waals surface area contributed by atoms with Crippen molar-refractivity contribution in [2.45, 2.75) is 27.3 Å². The van der Waals surface area contributed by atoms with Gasteiger partial charge in [0.05, 0.1) is 6.54 Å². The van der Waals surface area contributed by atoms with E-state index in [4.69, 9.17) is 9.15 Å². The number of hydrogen-bond acceptors (Lipinski definition) is 6. The van der Waals surface area contributed by atoms with Crippen LogP contribution in [0.5, 0.6) is 5.75 Å². The highest BCUT2D eigenvalue weighted by Gasteiger charge is 2.14. The van der Waals surface area contributed by atoms with Crippen molar-refractivity contribution in [3.8, 4) is 5.75 Å². The predicted octanol–water partition coefficient (Wildman–Crippen LogP) is 2.46. The van der Waals surface area contributed by atoms with E-state index < -0.39 is 0 Å². The van der Waals surface area contributed by atoms with Crippen LogP contribution in [-0.2, 0) is 11.3 Å². The number of benzene rings is 1. The number of carbonyl (C=O) groups is 1. The molecule has 0 aliphatic carbocycles. The third-order valence-corrected chi connectivity index (χ3v) is 5.01. The van der Waals surface area contributed by atoms with Gasteiger partial charge in [-0.05, 0) is 50.6 Å². The molecule has 0 aliphatic rings. The second-order valence-electron chi connectivity index (χ2n) is 6.82. The molecule has 4 aromatic rings. The third-order valence-electron chi connectivity index (χ3n) is 5.01. The molecule has 0 fully saturated rings. The Morgan fingerprint density at radius 1 is 1.10 bits per heavy atom. The molecule has 4 rings (SSSR count). The van der Waals surface area contributed by atoms with Gasteiger partial charge >= 0.3 is 5.63 Å². The number of aromatic nitrogens is 3. The van der Waals surface area contributed by atoms with Crippen molar-refractivity contribution in [3.63, 3.8) is 0 Å². The lowest BCUT2D eigenvalue weighted by molar-refractivity contribution is -0.123. The highest BCUT2D eigenvalue weighted by Crippen LogP contribution is 2.29. The Labute approximate surface area is 166 Å². The summed E-state index contributed by atoms with van der Waals surface area (Å²) in [4.78, 5) is 24.2. The van der Waals surface area contributed by atoms with Crippen LogP contribution in [0.4, 0.5) is 0 Å². The summed E-state index contributed by atoms with van der Waals surface area (Å²) in [6, 6.07) is 9.20. The van der Waals surface area contributed by atoms with Crippen LogP contribution in [0.3, 0.4) is 0 Å². The Morgan fingerprint density at radius 3 is 2.76 bits per heavy atom. The fraction of sp³-hybridized carbons (Fsp3) is 0.238. The molecule has 3 aromatic heterocycles. The number of aryl methyl sites for hydroxylation is 2. The van der Waals surface area contributed by atoms with E-state index in [1.165, 1.54) is 0 Å². The Kier molecular flexibility index (Phi) is 4.75. The first kappa shape index (κ1) is 18.7. The zero-order valence-corrected chi connectivity index (χ0v) is 16.4. The molecule has 8 nitrogen and oxygen atoms in total. The van der Waals surface area contributed by atoms with Crippen LogP contribution in [0.2, 0.25) is 0 Å². The number of nitrogens with zero attached hydrogens (tertiary/aromatic N) is 3. The van der Waals surface area contributed by atoms with Gasteiger partial charge in [-0.3, -0.25) is 9.20 Å². The SMILES string of the molecule is Cc1c(C)c2ccc(OCC(=O)NCc3nnc4ccccn34)c(C)c2oc1=O. The monoisotopic (exact) mass is 392 g/mol. The molecule has 3 heterocycles. The Balaban J connectivity index is 1.45. The van der Waals surface area contributed by atoms with Gasteiger partial charge in [-0.2, -0.15) is 0 Å². The molecule has 0 unspecified atom stereocenters. The summed E-state index contributed by atoms with van der Waals surface area (Å²) in [5, 5.41) is 11.7. The van der Waals surface area contributed by atoms with E-state index in [0.717, 1.165) is 10.9 Å². The molecule has 0 saturated carbocycles. The van der Waals surface area contributed by atoms with Gasteiger partial charge in [0, 0.05) is 22.7 Å². The van der Waals surface area contributed by atoms with Gasteiger partial charge < -0.3 is 14.5 Å². The maximum Gasteiger partial charge on any atom is 0.339 e. The van der Waals surface area contributed by atoms with Gasteiger partial charge in [-0.25, -0.2) is 4.79 Å². The summed E-state index contributed by atoms with van der Waals surface area (Å²) in [6.45, 7) is 5.49. The largest absolute Gasteiger partial charge is 0.483 e. The maximum absolute atomic E-state index is 12.2. The third kappa shape index (κ3) is 3.44. The summed E-state index contributed by atoms with van der Waals surface area (Å²) >= 11 is 0. The van der Waals surface area contributed by atoms with E-state index in [1.807, 2.05) is 37.4 Å². The van der Waals surface area contributed by atoms with Crippen LogP contribution < -0.4 is 15.7 Å². The molecule has 8 heteroatoms. The van der Waals surface area contributed by atoms with Crippen molar-refractivity contribution in [2.24, 2.45) is 0 Å². The van der Waals surface area contributed by atoms with Crippen molar-refractivity contribution < 1.29 is 13.9 Å². The molecular formula is C21H20N4O4. The Hall–Kier alpha value is -3.68.